The van der Waals surface area contributed by atoms with Crippen molar-refractivity contribution in [3.8, 4) is 0 Å². The van der Waals surface area contributed by atoms with Gasteiger partial charge in [0.15, 0.2) is 10.9 Å². The summed E-state index contributed by atoms with van der Waals surface area (Å²) in [4.78, 5) is 47.1. The molecule has 188 valence electrons. The van der Waals surface area contributed by atoms with Gasteiger partial charge in [-0.2, -0.15) is 0 Å². The molecule has 1 unspecified atom stereocenters. The Balaban J connectivity index is 0.00000100. The number of methoxy groups -OCH3 is 1. The molecule has 0 radical (unpaired) electrons. The Bertz CT molecular complexity index is 1040. The van der Waals surface area contributed by atoms with Gasteiger partial charge in [0.2, 0.25) is 0 Å². The Hall–Kier alpha value is -3.64. The number of aliphatic carboxylic acids is 1. The number of ketones is 1. The fourth-order valence-electron chi connectivity index (χ4n) is 2.91. The van der Waals surface area contributed by atoms with Crippen LogP contribution in [0.4, 0.5) is 5.13 Å². The molecule has 3 aromatic heterocycles. The van der Waals surface area contributed by atoms with Gasteiger partial charge in [0.25, 0.3) is 11.9 Å². The zero-order chi connectivity index (χ0) is 25.5. The lowest BCUT2D eigenvalue weighted by molar-refractivity contribution is -0.134. The SMILES string of the molecule is CC(=O)O.COCCC(=O)C(Cc1ccccn1)Nc1ncc(C(=O)NCCCn2ccnc2)s1. The third kappa shape index (κ3) is 10.9. The molecule has 0 saturated carbocycles. The number of carbonyl (C=O) groups excluding carboxylic acids is 2. The van der Waals surface area contributed by atoms with E-state index in [9.17, 15) is 9.59 Å². The summed E-state index contributed by atoms with van der Waals surface area (Å²) in [6.45, 7) is 2.77. The number of pyridine rings is 1. The predicted octanol–water partition coefficient (Wildman–Crippen LogP) is 2.27. The second-order valence-electron chi connectivity index (χ2n) is 7.39. The number of aryl methyl sites for hydroxylation is 1. The van der Waals surface area contributed by atoms with E-state index < -0.39 is 12.0 Å². The predicted molar refractivity (Wildman–Crippen MR) is 131 cm³/mol. The minimum atomic E-state index is -0.833. The molecule has 0 bridgehead atoms. The summed E-state index contributed by atoms with van der Waals surface area (Å²) < 4.78 is 7.00. The Labute approximate surface area is 207 Å². The average molecular weight is 503 g/mol. The molecule has 11 nitrogen and oxygen atoms in total. The van der Waals surface area contributed by atoms with Crippen molar-refractivity contribution in [1.29, 1.82) is 0 Å². The zero-order valence-corrected chi connectivity index (χ0v) is 20.5. The van der Waals surface area contributed by atoms with Crippen LogP contribution in [0.3, 0.4) is 0 Å². The lowest BCUT2D eigenvalue weighted by atomic mass is 10.0. The van der Waals surface area contributed by atoms with Crippen molar-refractivity contribution < 1.29 is 24.2 Å². The van der Waals surface area contributed by atoms with Gasteiger partial charge in [-0.3, -0.25) is 19.4 Å². The summed E-state index contributed by atoms with van der Waals surface area (Å²) in [5.41, 5.74) is 0.804. The standard InChI is InChI=1S/C21H26N6O3S.C2H4O2/c1-30-12-6-18(28)17(13-16-5-2-3-7-23-16)26-21-25-14-19(31-21)20(29)24-8-4-10-27-11-9-22-15-27;1-2(3)4/h2-3,5,7,9,11,14-15,17H,4,6,8,10,12-13H2,1H3,(H,24,29)(H,25,26);1H3,(H,3,4). The number of anilines is 1. The highest BCUT2D eigenvalue weighted by Crippen LogP contribution is 2.20. The third-order valence-electron chi connectivity index (χ3n) is 4.55. The van der Waals surface area contributed by atoms with E-state index in [4.69, 9.17) is 14.6 Å². The number of imidazole rings is 1. The molecule has 0 fully saturated rings. The Morgan fingerprint density at radius 3 is 2.69 bits per heavy atom. The molecule has 3 aromatic rings. The van der Waals surface area contributed by atoms with Crippen LogP contribution in [0.25, 0.3) is 0 Å². The fraction of sp³-hybridized carbons (Fsp3) is 0.391. The maximum absolute atomic E-state index is 12.6. The molecule has 0 aliphatic rings. The summed E-state index contributed by atoms with van der Waals surface area (Å²) in [5, 5.41) is 14.0. The van der Waals surface area contributed by atoms with Crippen molar-refractivity contribution in [3.63, 3.8) is 0 Å². The highest BCUT2D eigenvalue weighted by atomic mass is 32.1. The Kier molecular flexibility index (Phi) is 12.1. The molecular weight excluding hydrogens is 472 g/mol. The molecule has 1 amide bonds. The van der Waals surface area contributed by atoms with E-state index in [1.54, 1.807) is 25.8 Å². The minimum Gasteiger partial charge on any atom is -0.481 e. The Morgan fingerprint density at radius 2 is 2.03 bits per heavy atom. The van der Waals surface area contributed by atoms with Crippen molar-refractivity contribution in [1.82, 2.24) is 24.8 Å². The molecule has 0 aromatic carbocycles. The fourth-order valence-corrected chi connectivity index (χ4v) is 3.70. The van der Waals surface area contributed by atoms with Crippen LogP contribution in [-0.2, 0) is 27.3 Å². The molecule has 0 aliphatic carbocycles. The largest absolute Gasteiger partial charge is 0.481 e. The molecule has 3 N–H and O–H groups in total. The number of hydrogen-bond donors (Lipinski definition) is 3. The van der Waals surface area contributed by atoms with Gasteiger partial charge in [0.1, 0.15) is 4.88 Å². The van der Waals surface area contributed by atoms with Gasteiger partial charge in [-0.25, -0.2) is 9.97 Å². The van der Waals surface area contributed by atoms with E-state index >= 15 is 0 Å². The lowest BCUT2D eigenvalue weighted by Crippen LogP contribution is -2.32. The van der Waals surface area contributed by atoms with E-state index in [0.29, 0.717) is 29.6 Å². The van der Waals surface area contributed by atoms with Crippen molar-refractivity contribution in [2.75, 3.05) is 25.6 Å². The van der Waals surface area contributed by atoms with Crippen molar-refractivity contribution in [2.45, 2.75) is 38.8 Å². The van der Waals surface area contributed by atoms with Gasteiger partial charge < -0.3 is 25.0 Å². The number of Topliss-reactive ketones (excluding diaryl/α,β-unsaturated/α-hetero) is 1. The molecule has 1 atom stereocenters. The Morgan fingerprint density at radius 1 is 1.23 bits per heavy atom. The molecule has 3 heterocycles. The van der Waals surface area contributed by atoms with Crippen LogP contribution in [0.15, 0.2) is 49.3 Å². The molecular formula is C23H30N6O5S. The minimum absolute atomic E-state index is 0.00760. The lowest BCUT2D eigenvalue weighted by Gasteiger charge is -2.16. The second-order valence-corrected chi connectivity index (χ2v) is 8.42. The first-order chi connectivity index (χ1) is 16.9. The number of nitrogens with one attached hydrogen (secondary N) is 2. The van der Waals surface area contributed by atoms with Gasteiger partial charge >= 0.3 is 0 Å². The number of amides is 1. The number of carbonyl (C=O) groups is 3. The number of hydrogen-bond acceptors (Lipinski definition) is 9. The number of carboxylic acids is 1. The van der Waals surface area contributed by atoms with Gasteiger partial charge in [-0.05, 0) is 18.6 Å². The van der Waals surface area contributed by atoms with Crippen LogP contribution in [-0.4, -0.2) is 68.6 Å². The number of carboxylic acid groups (broad SMARTS) is 1. The smallest absolute Gasteiger partial charge is 0.300 e. The maximum Gasteiger partial charge on any atom is 0.300 e. The highest BCUT2D eigenvalue weighted by Gasteiger charge is 2.21. The van der Waals surface area contributed by atoms with E-state index in [2.05, 4.69) is 25.6 Å². The van der Waals surface area contributed by atoms with Crippen LogP contribution in [0, 0.1) is 0 Å². The third-order valence-corrected chi connectivity index (χ3v) is 5.47. The monoisotopic (exact) mass is 502 g/mol. The van der Waals surface area contributed by atoms with E-state index in [1.807, 2.05) is 29.0 Å². The van der Waals surface area contributed by atoms with Crippen molar-refractivity contribution in [3.05, 3.63) is 59.9 Å². The summed E-state index contributed by atoms with van der Waals surface area (Å²) in [6, 6.07) is 5.10. The van der Waals surface area contributed by atoms with Crippen LogP contribution in [0.5, 0.6) is 0 Å². The molecule has 0 aliphatic heterocycles. The normalized spacial score (nSPS) is 11.1. The summed E-state index contributed by atoms with van der Waals surface area (Å²) in [6.07, 6.45) is 10.1. The quantitative estimate of drug-likeness (QED) is 0.299. The molecule has 0 spiro atoms. The molecule has 12 heteroatoms. The number of thiazole rings is 1. The molecule has 0 saturated heterocycles. The highest BCUT2D eigenvalue weighted by molar-refractivity contribution is 7.17. The summed E-state index contributed by atoms with van der Waals surface area (Å²) >= 11 is 1.22. The van der Waals surface area contributed by atoms with Crippen LogP contribution >= 0.6 is 11.3 Å². The van der Waals surface area contributed by atoms with Crippen LogP contribution in [0.2, 0.25) is 0 Å². The molecule has 3 rings (SSSR count). The van der Waals surface area contributed by atoms with Gasteiger partial charge in [0, 0.05) is 64.2 Å². The van der Waals surface area contributed by atoms with Crippen LogP contribution in [0.1, 0.15) is 35.1 Å². The first-order valence-electron chi connectivity index (χ1n) is 11.0. The number of nitrogens with zero attached hydrogens (tertiary/aromatic N) is 4. The first kappa shape index (κ1) is 27.6. The first-order valence-corrected chi connectivity index (χ1v) is 11.8. The van der Waals surface area contributed by atoms with E-state index in [1.165, 1.54) is 17.5 Å². The van der Waals surface area contributed by atoms with E-state index in [0.717, 1.165) is 25.6 Å². The second kappa shape index (κ2) is 15.3. The maximum atomic E-state index is 12.6. The number of ether oxygens (including phenoxy) is 1. The van der Waals surface area contributed by atoms with Gasteiger partial charge in [0.05, 0.1) is 25.2 Å². The van der Waals surface area contributed by atoms with Gasteiger partial charge in [-0.1, -0.05) is 17.4 Å². The van der Waals surface area contributed by atoms with Crippen molar-refractivity contribution >= 4 is 34.1 Å². The molecule has 35 heavy (non-hydrogen) atoms. The number of rotatable bonds is 13. The summed E-state index contributed by atoms with van der Waals surface area (Å²) in [5.74, 6) is -1.00. The van der Waals surface area contributed by atoms with Gasteiger partial charge in [-0.15, -0.1) is 0 Å². The number of aromatic nitrogens is 4. The van der Waals surface area contributed by atoms with Crippen LogP contribution < -0.4 is 10.6 Å². The van der Waals surface area contributed by atoms with Crippen molar-refractivity contribution in [2.24, 2.45) is 0 Å². The summed E-state index contributed by atoms with van der Waals surface area (Å²) in [7, 11) is 1.57. The zero-order valence-electron chi connectivity index (χ0n) is 19.7. The van der Waals surface area contributed by atoms with E-state index in [-0.39, 0.29) is 18.1 Å². The average Bonchev–Trinajstić information content (AvgIpc) is 3.52. The topological polar surface area (TPSA) is 148 Å².